The molecule has 0 bridgehead atoms. The topological polar surface area (TPSA) is 27.0 Å². The van der Waals surface area contributed by atoms with E-state index >= 15 is 0 Å². The van der Waals surface area contributed by atoms with Crippen molar-refractivity contribution in [1.29, 1.82) is 5.26 Å². The number of anilines is 1. The summed E-state index contributed by atoms with van der Waals surface area (Å²) in [6.07, 6.45) is 0.868. The molecule has 14 heavy (non-hydrogen) atoms. The number of rotatable bonds is 3. The van der Waals surface area contributed by atoms with Crippen molar-refractivity contribution < 1.29 is 16.8 Å². The van der Waals surface area contributed by atoms with Crippen LogP contribution in [0.25, 0.3) is 0 Å². The van der Waals surface area contributed by atoms with Crippen LogP contribution in [0.5, 0.6) is 0 Å². The number of hydrogen-bond donors (Lipinski definition) is 0. The average Bonchev–Trinajstić information content (AvgIpc) is 2.18. The summed E-state index contributed by atoms with van der Waals surface area (Å²) in [7, 11) is 2.00. The van der Waals surface area contributed by atoms with E-state index in [1.54, 1.807) is 0 Å². The number of nitrogens with zero attached hydrogens (tertiary/aromatic N) is 2. The molecule has 0 aliphatic rings. The Labute approximate surface area is 95.7 Å². The summed E-state index contributed by atoms with van der Waals surface area (Å²) in [5, 5.41) is 8.69. The van der Waals surface area contributed by atoms with Crippen LogP contribution >= 0.6 is 0 Å². The summed E-state index contributed by atoms with van der Waals surface area (Å²) in [5.74, 6) is 0. The van der Waals surface area contributed by atoms with Crippen molar-refractivity contribution in [2.75, 3.05) is 18.5 Å². The van der Waals surface area contributed by atoms with Gasteiger partial charge in [-0.15, -0.1) is 0 Å². The molecule has 1 aromatic carbocycles. The molecular weight excluding hydrogens is 219 g/mol. The van der Waals surface area contributed by atoms with E-state index in [4.69, 9.17) is 5.26 Å². The van der Waals surface area contributed by atoms with Gasteiger partial charge in [-0.1, -0.05) is 6.07 Å². The zero-order valence-electron chi connectivity index (χ0n) is 8.16. The van der Waals surface area contributed by atoms with E-state index in [9.17, 15) is 0 Å². The Morgan fingerprint density at radius 1 is 1.50 bits per heavy atom. The van der Waals surface area contributed by atoms with Gasteiger partial charge >= 0.3 is 0 Å². The largest absolute Gasteiger partial charge is 0.377 e. The second-order valence-corrected chi connectivity index (χ2v) is 2.94. The molecule has 0 fully saturated rings. The molecule has 0 unspecified atom stereocenters. The summed E-state index contributed by atoms with van der Waals surface area (Å²) in [5.41, 5.74) is 1.77. The standard InChI is InChI=1S/C11H13N2.Co/c1-3-7-13(2)11-6-4-5-10(8-11)9-12;/h4-6,8H,1,3,7H2,2H3;/q-1;. The van der Waals surface area contributed by atoms with Crippen molar-refractivity contribution in [3.8, 4) is 6.07 Å². The molecule has 0 saturated carbocycles. The van der Waals surface area contributed by atoms with Crippen LogP contribution in [0.15, 0.2) is 24.3 Å². The van der Waals surface area contributed by atoms with Crippen molar-refractivity contribution in [3.05, 3.63) is 36.8 Å². The summed E-state index contributed by atoms with van der Waals surface area (Å²) < 4.78 is 0. The van der Waals surface area contributed by atoms with Crippen LogP contribution in [0.3, 0.4) is 0 Å². The molecule has 0 N–H and O–H groups in total. The van der Waals surface area contributed by atoms with Crippen LogP contribution < -0.4 is 4.90 Å². The maximum atomic E-state index is 8.69. The molecule has 0 aliphatic carbocycles. The first-order chi connectivity index (χ1) is 6.27. The smallest absolute Gasteiger partial charge is 0.0992 e. The van der Waals surface area contributed by atoms with E-state index in [0.29, 0.717) is 5.56 Å². The zero-order chi connectivity index (χ0) is 9.68. The molecule has 77 valence electrons. The predicted octanol–water partition coefficient (Wildman–Crippen LogP) is 2.22. The van der Waals surface area contributed by atoms with Crippen molar-refractivity contribution in [2.45, 2.75) is 6.42 Å². The molecule has 1 rings (SSSR count). The Morgan fingerprint density at radius 3 is 2.79 bits per heavy atom. The Kier molecular flexibility index (Phi) is 6.01. The quantitative estimate of drug-likeness (QED) is 0.747. The first kappa shape index (κ1) is 13.0. The second-order valence-electron chi connectivity index (χ2n) is 2.94. The molecule has 0 spiro atoms. The molecule has 0 aromatic heterocycles. The molecule has 0 saturated heterocycles. The minimum absolute atomic E-state index is 0. The third-order valence-corrected chi connectivity index (χ3v) is 1.91. The number of hydrogen-bond acceptors (Lipinski definition) is 2. The molecule has 0 amide bonds. The van der Waals surface area contributed by atoms with Gasteiger partial charge in [0.25, 0.3) is 0 Å². The van der Waals surface area contributed by atoms with Gasteiger partial charge in [0.15, 0.2) is 0 Å². The third kappa shape index (κ3) is 3.41. The first-order valence-corrected chi connectivity index (χ1v) is 4.28. The van der Waals surface area contributed by atoms with Crippen molar-refractivity contribution in [3.63, 3.8) is 0 Å². The normalized spacial score (nSPS) is 8.64. The van der Waals surface area contributed by atoms with Gasteiger partial charge in [-0.2, -0.15) is 11.7 Å². The summed E-state index contributed by atoms with van der Waals surface area (Å²) >= 11 is 0. The fraction of sp³-hybridized carbons (Fsp3) is 0.273. The van der Waals surface area contributed by atoms with Crippen LogP contribution in [-0.2, 0) is 16.8 Å². The SMILES string of the molecule is [CH2-]CCN(C)c1cccc(C#N)c1.[Co]. The molecule has 0 heterocycles. The van der Waals surface area contributed by atoms with Crippen LogP contribution in [0.4, 0.5) is 5.69 Å². The Bertz CT molecular complexity index is 317. The first-order valence-electron chi connectivity index (χ1n) is 4.28. The van der Waals surface area contributed by atoms with E-state index in [0.717, 1.165) is 18.7 Å². The Balaban J connectivity index is 0.00000169. The van der Waals surface area contributed by atoms with E-state index < -0.39 is 0 Å². The molecule has 0 atom stereocenters. The van der Waals surface area contributed by atoms with Gasteiger partial charge < -0.3 is 11.8 Å². The fourth-order valence-corrected chi connectivity index (χ4v) is 1.18. The van der Waals surface area contributed by atoms with Gasteiger partial charge in [-0.3, -0.25) is 0 Å². The predicted molar refractivity (Wildman–Crippen MR) is 54.4 cm³/mol. The van der Waals surface area contributed by atoms with Gasteiger partial charge in [0.2, 0.25) is 0 Å². The van der Waals surface area contributed by atoms with Crippen LogP contribution in [0.2, 0.25) is 0 Å². The maximum Gasteiger partial charge on any atom is 0.0992 e. The molecule has 2 nitrogen and oxygen atoms in total. The number of benzene rings is 1. The second kappa shape index (κ2) is 6.47. The fourth-order valence-electron chi connectivity index (χ4n) is 1.18. The van der Waals surface area contributed by atoms with Gasteiger partial charge in [-0.25, -0.2) is 0 Å². The van der Waals surface area contributed by atoms with Crippen molar-refractivity contribution >= 4 is 5.69 Å². The van der Waals surface area contributed by atoms with E-state index in [-0.39, 0.29) is 16.8 Å². The average molecular weight is 232 g/mol. The van der Waals surface area contributed by atoms with Crippen LogP contribution in [0, 0.1) is 18.3 Å². The summed E-state index contributed by atoms with van der Waals surface area (Å²) in [4.78, 5) is 2.09. The van der Waals surface area contributed by atoms with Gasteiger partial charge in [-0.05, 0) is 24.7 Å². The van der Waals surface area contributed by atoms with Crippen LogP contribution in [-0.4, -0.2) is 13.6 Å². The van der Waals surface area contributed by atoms with E-state index in [2.05, 4.69) is 17.9 Å². The minimum atomic E-state index is 0. The molecular formula is C11H13CoN2-. The van der Waals surface area contributed by atoms with Crippen LogP contribution in [0.1, 0.15) is 12.0 Å². The van der Waals surface area contributed by atoms with E-state index in [1.807, 2.05) is 31.3 Å². The maximum absolute atomic E-state index is 8.69. The Morgan fingerprint density at radius 2 is 2.21 bits per heavy atom. The summed E-state index contributed by atoms with van der Waals surface area (Å²) in [6.45, 7) is 4.70. The summed E-state index contributed by atoms with van der Waals surface area (Å²) in [6, 6.07) is 9.71. The van der Waals surface area contributed by atoms with Crippen molar-refractivity contribution in [1.82, 2.24) is 0 Å². The zero-order valence-corrected chi connectivity index (χ0v) is 9.20. The van der Waals surface area contributed by atoms with Gasteiger partial charge in [0.1, 0.15) is 0 Å². The minimum Gasteiger partial charge on any atom is -0.377 e. The third-order valence-electron chi connectivity index (χ3n) is 1.91. The number of nitriles is 1. The monoisotopic (exact) mass is 232 g/mol. The molecule has 3 heteroatoms. The molecule has 1 radical (unpaired) electrons. The molecule has 1 aromatic rings. The van der Waals surface area contributed by atoms with Gasteiger partial charge in [0.05, 0.1) is 11.6 Å². The van der Waals surface area contributed by atoms with E-state index in [1.165, 1.54) is 0 Å². The van der Waals surface area contributed by atoms with Crippen molar-refractivity contribution in [2.24, 2.45) is 0 Å². The van der Waals surface area contributed by atoms with Gasteiger partial charge in [0, 0.05) is 29.5 Å². The molecule has 0 aliphatic heterocycles. The Hall–Kier alpha value is -0.984.